The van der Waals surface area contributed by atoms with Gasteiger partial charge < -0.3 is 19.7 Å². The third-order valence-electron chi connectivity index (χ3n) is 3.92. The largest absolute Gasteiger partial charge is 0.492 e. The summed E-state index contributed by atoms with van der Waals surface area (Å²) in [6, 6.07) is 8.13. The van der Waals surface area contributed by atoms with Crippen LogP contribution in [-0.4, -0.2) is 57.4 Å². The lowest BCUT2D eigenvalue weighted by atomic mass is 9.89. The molecule has 1 fully saturated rings. The van der Waals surface area contributed by atoms with Gasteiger partial charge in [-0.15, -0.1) is 24.0 Å². The lowest BCUT2D eigenvalue weighted by Gasteiger charge is -2.37. The molecule has 0 radical (unpaired) electrons. The summed E-state index contributed by atoms with van der Waals surface area (Å²) in [5, 5.41) is 3.34. The van der Waals surface area contributed by atoms with E-state index in [4.69, 9.17) is 14.5 Å². The molecule has 5 nitrogen and oxygen atoms in total. The van der Waals surface area contributed by atoms with E-state index in [1.54, 1.807) is 0 Å². The van der Waals surface area contributed by atoms with Gasteiger partial charge in [0.25, 0.3) is 0 Å². The van der Waals surface area contributed by atoms with E-state index in [0.29, 0.717) is 6.61 Å². The molecule has 0 atom stereocenters. The Bertz CT molecular complexity index is 516. The average molecular weight is 447 g/mol. The summed E-state index contributed by atoms with van der Waals surface area (Å²) >= 11 is 0. The highest BCUT2D eigenvalue weighted by Crippen LogP contribution is 2.26. The number of aliphatic imine (C=N–C) groups is 1. The molecule has 2 rings (SSSR count). The van der Waals surface area contributed by atoms with Gasteiger partial charge in [-0.2, -0.15) is 0 Å². The second-order valence-electron chi connectivity index (χ2n) is 6.56. The van der Waals surface area contributed by atoms with Gasteiger partial charge in [-0.25, -0.2) is 0 Å². The van der Waals surface area contributed by atoms with Crippen molar-refractivity contribution < 1.29 is 9.47 Å². The van der Waals surface area contributed by atoms with Gasteiger partial charge in [0.2, 0.25) is 0 Å². The van der Waals surface area contributed by atoms with Gasteiger partial charge in [0.15, 0.2) is 5.96 Å². The highest BCUT2D eigenvalue weighted by Gasteiger charge is 2.33. The van der Waals surface area contributed by atoms with Crippen molar-refractivity contribution in [2.75, 3.05) is 46.5 Å². The number of benzene rings is 1. The molecule has 0 aliphatic carbocycles. The summed E-state index contributed by atoms with van der Waals surface area (Å²) in [4.78, 5) is 6.85. The normalized spacial score (nSPS) is 15.9. The number of aryl methyl sites for hydroxylation is 1. The van der Waals surface area contributed by atoms with E-state index in [-0.39, 0.29) is 29.4 Å². The molecular weight excluding hydrogens is 417 g/mol. The van der Waals surface area contributed by atoms with E-state index in [9.17, 15) is 0 Å². The first kappa shape index (κ1) is 21.0. The van der Waals surface area contributed by atoms with Crippen LogP contribution >= 0.6 is 24.0 Å². The smallest absolute Gasteiger partial charge is 0.193 e. The number of halogens is 1. The van der Waals surface area contributed by atoms with Crippen molar-refractivity contribution >= 4 is 29.9 Å². The Morgan fingerprint density at radius 2 is 2.00 bits per heavy atom. The summed E-state index contributed by atoms with van der Waals surface area (Å²) in [7, 11) is 2.04. The number of guanidine groups is 1. The van der Waals surface area contributed by atoms with Crippen LogP contribution in [0.2, 0.25) is 0 Å². The van der Waals surface area contributed by atoms with Gasteiger partial charge in [0.05, 0.1) is 26.3 Å². The number of hydrogen-bond donors (Lipinski definition) is 1. The van der Waals surface area contributed by atoms with E-state index in [1.807, 2.05) is 19.2 Å². The molecule has 1 aromatic rings. The number of nitrogens with one attached hydrogen (secondary N) is 1. The molecule has 1 aromatic carbocycles. The van der Waals surface area contributed by atoms with E-state index in [2.05, 4.69) is 43.1 Å². The molecule has 1 aliphatic rings. The SMILES string of the molecule is CCNC(=NCC1(C)COC1)N(C)CCOc1ccc(C)cc1.I. The van der Waals surface area contributed by atoms with Crippen LogP contribution in [0.1, 0.15) is 19.4 Å². The fourth-order valence-corrected chi connectivity index (χ4v) is 2.32. The molecule has 6 heteroatoms. The van der Waals surface area contributed by atoms with Crippen molar-refractivity contribution in [1.82, 2.24) is 10.2 Å². The molecule has 0 aromatic heterocycles. The molecule has 136 valence electrons. The number of ether oxygens (including phenoxy) is 2. The Morgan fingerprint density at radius 3 is 2.54 bits per heavy atom. The number of nitrogens with zero attached hydrogens (tertiary/aromatic N) is 2. The minimum atomic E-state index is 0. The van der Waals surface area contributed by atoms with E-state index < -0.39 is 0 Å². The number of rotatable bonds is 7. The molecule has 1 saturated heterocycles. The maximum Gasteiger partial charge on any atom is 0.193 e. The molecule has 24 heavy (non-hydrogen) atoms. The summed E-state index contributed by atoms with van der Waals surface area (Å²) in [6.07, 6.45) is 0. The zero-order chi connectivity index (χ0) is 16.7. The molecule has 0 bridgehead atoms. The molecule has 0 amide bonds. The lowest BCUT2D eigenvalue weighted by molar-refractivity contribution is -0.0945. The Morgan fingerprint density at radius 1 is 1.33 bits per heavy atom. The van der Waals surface area contributed by atoms with Crippen molar-refractivity contribution in [3.05, 3.63) is 29.8 Å². The van der Waals surface area contributed by atoms with Crippen molar-refractivity contribution in [2.24, 2.45) is 10.4 Å². The summed E-state index contributed by atoms with van der Waals surface area (Å²) in [6.45, 7) is 11.0. The molecule has 1 N–H and O–H groups in total. The Hall–Kier alpha value is -1.02. The first-order valence-corrected chi connectivity index (χ1v) is 8.29. The highest BCUT2D eigenvalue weighted by molar-refractivity contribution is 14.0. The Labute approximate surface area is 162 Å². The Balaban J connectivity index is 0.00000288. The molecular formula is C18H30IN3O2. The van der Waals surface area contributed by atoms with Gasteiger partial charge in [0.1, 0.15) is 12.4 Å². The molecule has 0 spiro atoms. The Kier molecular flexibility index (Phi) is 8.83. The predicted octanol–water partition coefficient (Wildman–Crippen LogP) is 2.93. The topological polar surface area (TPSA) is 46.1 Å². The fraction of sp³-hybridized carbons (Fsp3) is 0.611. The van der Waals surface area contributed by atoms with Crippen LogP contribution in [0.15, 0.2) is 29.3 Å². The third kappa shape index (κ3) is 6.47. The summed E-state index contributed by atoms with van der Waals surface area (Å²) in [5.41, 5.74) is 1.43. The van der Waals surface area contributed by atoms with Crippen LogP contribution in [-0.2, 0) is 4.74 Å². The second kappa shape index (κ2) is 10.1. The molecule has 0 unspecified atom stereocenters. The summed E-state index contributed by atoms with van der Waals surface area (Å²) in [5.74, 6) is 1.83. The van der Waals surface area contributed by atoms with Gasteiger partial charge >= 0.3 is 0 Å². The minimum Gasteiger partial charge on any atom is -0.492 e. The van der Waals surface area contributed by atoms with Crippen molar-refractivity contribution in [2.45, 2.75) is 20.8 Å². The van der Waals surface area contributed by atoms with Gasteiger partial charge in [-0.1, -0.05) is 24.6 Å². The zero-order valence-corrected chi connectivity index (χ0v) is 17.5. The maximum atomic E-state index is 5.79. The van der Waals surface area contributed by atoms with Crippen molar-refractivity contribution in [3.63, 3.8) is 0 Å². The van der Waals surface area contributed by atoms with Crippen LogP contribution in [0, 0.1) is 12.3 Å². The second-order valence-corrected chi connectivity index (χ2v) is 6.56. The van der Waals surface area contributed by atoms with Gasteiger partial charge in [-0.05, 0) is 26.0 Å². The number of hydrogen-bond acceptors (Lipinski definition) is 3. The highest BCUT2D eigenvalue weighted by atomic mass is 127. The van der Waals surface area contributed by atoms with Crippen LogP contribution in [0.5, 0.6) is 5.75 Å². The molecule has 1 aliphatic heterocycles. The maximum absolute atomic E-state index is 5.79. The van der Waals surface area contributed by atoms with Crippen LogP contribution in [0.4, 0.5) is 0 Å². The van der Waals surface area contributed by atoms with Crippen molar-refractivity contribution in [1.29, 1.82) is 0 Å². The van der Waals surface area contributed by atoms with Gasteiger partial charge in [-0.3, -0.25) is 4.99 Å². The van der Waals surface area contributed by atoms with Crippen LogP contribution in [0.3, 0.4) is 0 Å². The standard InChI is InChI=1S/C18H29N3O2.HI/c1-5-19-17(20-12-18(3)13-22-14-18)21(4)10-11-23-16-8-6-15(2)7-9-16;/h6-9H,5,10-14H2,1-4H3,(H,19,20);1H. The third-order valence-corrected chi connectivity index (χ3v) is 3.92. The van der Waals surface area contributed by atoms with E-state index >= 15 is 0 Å². The average Bonchev–Trinajstić information content (AvgIpc) is 2.51. The monoisotopic (exact) mass is 447 g/mol. The fourth-order valence-electron chi connectivity index (χ4n) is 2.32. The molecule has 0 saturated carbocycles. The zero-order valence-electron chi connectivity index (χ0n) is 15.2. The number of likely N-dealkylation sites (N-methyl/N-ethyl adjacent to an activating group) is 1. The van der Waals surface area contributed by atoms with Crippen LogP contribution in [0.25, 0.3) is 0 Å². The summed E-state index contributed by atoms with van der Waals surface area (Å²) < 4.78 is 11.1. The quantitative estimate of drug-likeness (QED) is 0.397. The van der Waals surface area contributed by atoms with Crippen LogP contribution < -0.4 is 10.1 Å². The lowest BCUT2D eigenvalue weighted by Crippen LogP contribution is -2.45. The van der Waals surface area contributed by atoms with Gasteiger partial charge in [0, 0.05) is 19.0 Å². The predicted molar refractivity (Wildman–Crippen MR) is 110 cm³/mol. The molecule has 1 heterocycles. The van der Waals surface area contributed by atoms with Crippen molar-refractivity contribution in [3.8, 4) is 5.75 Å². The first-order valence-electron chi connectivity index (χ1n) is 8.29. The minimum absolute atomic E-state index is 0. The van der Waals surface area contributed by atoms with E-state index in [0.717, 1.165) is 44.6 Å². The van der Waals surface area contributed by atoms with E-state index in [1.165, 1.54) is 5.56 Å². The first-order chi connectivity index (χ1) is 11.0.